The van der Waals surface area contributed by atoms with Crippen LogP contribution in [0.2, 0.25) is 5.02 Å². The van der Waals surface area contributed by atoms with Crippen LogP contribution in [0.1, 0.15) is 12.0 Å². The first kappa shape index (κ1) is 21.1. The van der Waals surface area contributed by atoms with Gasteiger partial charge in [-0.2, -0.15) is 0 Å². The van der Waals surface area contributed by atoms with Gasteiger partial charge in [0.15, 0.2) is 0 Å². The first-order chi connectivity index (χ1) is 13.7. The molecule has 29 heavy (non-hydrogen) atoms. The van der Waals surface area contributed by atoms with Crippen LogP contribution in [0.3, 0.4) is 0 Å². The molecule has 8 nitrogen and oxygen atoms in total. The fourth-order valence-corrected chi connectivity index (χ4v) is 3.76. The predicted molar refractivity (Wildman–Crippen MR) is 113 cm³/mol. The van der Waals surface area contributed by atoms with E-state index in [1.165, 1.54) is 30.2 Å². The quantitative estimate of drug-likeness (QED) is 0.505. The number of nitrogens with zero attached hydrogens (tertiary/aromatic N) is 2. The number of carbonyl (C=O) groups is 2. The Bertz CT molecular complexity index is 1010. The van der Waals surface area contributed by atoms with Crippen molar-refractivity contribution in [3.8, 4) is 5.75 Å². The molecule has 1 aliphatic rings. The minimum Gasteiger partial charge on any atom is -0.494 e. The number of non-ortho nitro benzene ring substituents is 1. The molecule has 2 aromatic carbocycles. The highest BCUT2D eigenvalue weighted by atomic mass is 79.9. The lowest BCUT2D eigenvalue weighted by atomic mass is 10.1. The van der Waals surface area contributed by atoms with Gasteiger partial charge in [-0.3, -0.25) is 19.7 Å². The van der Waals surface area contributed by atoms with E-state index in [-0.39, 0.29) is 36.2 Å². The lowest BCUT2D eigenvalue weighted by molar-refractivity contribution is -0.384. The number of hydrogen-bond donors (Lipinski definition) is 1. The van der Waals surface area contributed by atoms with Crippen LogP contribution in [0.25, 0.3) is 0 Å². The van der Waals surface area contributed by atoms with Crippen LogP contribution in [0.4, 0.5) is 17.1 Å². The normalized spacial score (nSPS) is 16.1. The summed E-state index contributed by atoms with van der Waals surface area (Å²) in [7, 11) is 1.37. The summed E-state index contributed by atoms with van der Waals surface area (Å²) in [4.78, 5) is 37.1. The fourth-order valence-electron chi connectivity index (χ4n) is 3.13. The maximum absolute atomic E-state index is 12.7. The Morgan fingerprint density at radius 1 is 1.38 bits per heavy atom. The van der Waals surface area contributed by atoms with Gasteiger partial charge in [-0.15, -0.1) is 0 Å². The molecule has 2 amide bonds. The number of ether oxygens (including phenoxy) is 1. The van der Waals surface area contributed by atoms with E-state index in [0.717, 1.165) is 10.0 Å². The van der Waals surface area contributed by atoms with Gasteiger partial charge in [0.05, 0.1) is 34.7 Å². The van der Waals surface area contributed by atoms with E-state index in [9.17, 15) is 19.7 Å². The smallest absolute Gasteiger partial charge is 0.273 e. The topological polar surface area (TPSA) is 102 Å². The second-order valence-corrected chi connectivity index (χ2v) is 7.85. The highest BCUT2D eigenvalue weighted by Crippen LogP contribution is 2.36. The molecule has 1 aliphatic heterocycles. The molecular formula is C19H17BrClN3O5. The molecule has 0 bridgehead atoms. The number of anilines is 2. The molecule has 0 radical (unpaired) electrons. The largest absolute Gasteiger partial charge is 0.494 e. The van der Waals surface area contributed by atoms with E-state index >= 15 is 0 Å². The molecule has 10 heteroatoms. The van der Waals surface area contributed by atoms with E-state index in [1.54, 1.807) is 12.1 Å². The molecule has 3 rings (SSSR count). The number of benzene rings is 2. The zero-order valence-electron chi connectivity index (χ0n) is 15.6. The van der Waals surface area contributed by atoms with Gasteiger partial charge in [0, 0.05) is 29.2 Å². The Kier molecular flexibility index (Phi) is 6.09. The van der Waals surface area contributed by atoms with Gasteiger partial charge in [0.2, 0.25) is 11.8 Å². The number of hydrogen-bond acceptors (Lipinski definition) is 5. The van der Waals surface area contributed by atoms with Gasteiger partial charge in [0.1, 0.15) is 5.75 Å². The number of amides is 2. The van der Waals surface area contributed by atoms with Crippen molar-refractivity contribution in [2.75, 3.05) is 23.9 Å². The van der Waals surface area contributed by atoms with Crippen molar-refractivity contribution in [3.63, 3.8) is 0 Å². The Morgan fingerprint density at radius 2 is 2.10 bits per heavy atom. The molecule has 1 heterocycles. The third-order valence-electron chi connectivity index (χ3n) is 4.69. The fraction of sp³-hybridized carbons (Fsp3) is 0.263. The predicted octanol–water partition coefficient (Wildman–Crippen LogP) is 4.32. The van der Waals surface area contributed by atoms with E-state index < -0.39 is 10.8 Å². The van der Waals surface area contributed by atoms with Crippen molar-refractivity contribution in [1.82, 2.24) is 0 Å². The van der Waals surface area contributed by atoms with Crippen LogP contribution >= 0.6 is 27.5 Å². The van der Waals surface area contributed by atoms with Crippen molar-refractivity contribution in [3.05, 3.63) is 55.5 Å². The lowest BCUT2D eigenvalue weighted by Gasteiger charge is -2.19. The molecular weight excluding hydrogens is 466 g/mol. The summed E-state index contributed by atoms with van der Waals surface area (Å²) in [5, 5.41) is 14.2. The van der Waals surface area contributed by atoms with Gasteiger partial charge in [-0.05, 0) is 46.6 Å². The van der Waals surface area contributed by atoms with Crippen LogP contribution < -0.4 is 15.0 Å². The van der Waals surface area contributed by atoms with Gasteiger partial charge in [0.25, 0.3) is 5.69 Å². The van der Waals surface area contributed by atoms with Crippen molar-refractivity contribution < 1.29 is 19.2 Å². The maximum Gasteiger partial charge on any atom is 0.273 e. The first-order valence-corrected chi connectivity index (χ1v) is 9.77. The van der Waals surface area contributed by atoms with Crippen molar-refractivity contribution >= 4 is 56.4 Å². The zero-order valence-corrected chi connectivity index (χ0v) is 17.9. The third kappa shape index (κ3) is 4.35. The SMILES string of the molecule is COc1cc([N+](=O)[O-])ccc1N1C[C@H](C(=O)Nc2cc(Cl)c(Br)cc2C)CC1=O. The Morgan fingerprint density at radius 3 is 2.76 bits per heavy atom. The third-order valence-corrected chi connectivity index (χ3v) is 5.88. The number of nitro benzene ring substituents is 1. The number of methoxy groups -OCH3 is 1. The summed E-state index contributed by atoms with van der Waals surface area (Å²) in [6.45, 7) is 1.98. The number of carbonyl (C=O) groups excluding carboxylic acids is 2. The van der Waals surface area contributed by atoms with Crippen molar-refractivity contribution in [1.29, 1.82) is 0 Å². The number of aryl methyl sites for hydroxylation is 1. The monoisotopic (exact) mass is 481 g/mol. The second-order valence-electron chi connectivity index (χ2n) is 6.59. The molecule has 152 valence electrons. The van der Waals surface area contributed by atoms with Crippen LogP contribution in [0, 0.1) is 23.0 Å². The molecule has 0 saturated carbocycles. The summed E-state index contributed by atoms with van der Waals surface area (Å²) < 4.78 is 5.93. The molecule has 0 spiro atoms. The summed E-state index contributed by atoms with van der Waals surface area (Å²) in [6.07, 6.45) is 0.0231. The summed E-state index contributed by atoms with van der Waals surface area (Å²) >= 11 is 9.43. The van der Waals surface area contributed by atoms with Gasteiger partial charge >= 0.3 is 0 Å². The van der Waals surface area contributed by atoms with Crippen molar-refractivity contribution in [2.24, 2.45) is 5.92 Å². The molecule has 1 fully saturated rings. The second kappa shape index (κ2) is 8.38. The summed E-state index contributed by atoms with van der Waals surface area (Å²) in [5.41, 5.74) is 1.64. The van der Waals surface area contributed by atoms with E-state index in [1.807, 2.05) is 6.92 Å². The average Bonchev–Trinajstić information content (AvgIpc) is 3.07. The number of rotatable bonds is 5. The average molecular weight is 483 g/mol. The highest BCUT2D eigenvalue weighted by Gasteiger charge is 2.36. The molecule has 1 atom stereocenters. The van der Waals surface area contributed by atoms with E-state index in [2.05, 4.69) is 21.2 Å². The standard InChI is InChI=1S/C19H17BrClN3O5/c1-10-5-13(20)14(21)8-15(10)22-19(26)11-6-18(25)23(9-11)16-4-3-12(24(27)28)7-17(16)29-2/h3-5,7-8,11H,6,9H2,1-2H3,(H,22,26)/t11-/m1/s1. The number of nitro groups is 1. The van der Waals surface area contributed by atoms with Crippen molar-refractivity contribution in [2.45, 2.75) is 13.3 Å². The molecule has 1 saturated heterocycles. The van der Waals surface area contributed by atoms with Gasteiger partial charge < -0.3 is 15.0 Å². The molecule has 0 aromatic heterocycles. The molecule has 0 unspecified atom stereocenters. The van der Waals surface area contributed by atoms with Crippen LogP contribution in [0.15, 0.2) is 34.8 Å². The van der Waals surface area contributed by atoms with Gasteiger partial charge in [-0.25, -0.2) is 0 Å². The Balaban J connectivity index is 1.79. The summed E-state index contributed by atoms with van der Waals surface area (Å²) in [6, 6.07) is 7.45. The maximum atomic E-state index is 12.7. The minimum atomic E-state index is -0.579. The number of nitrogens with one attached hydrogen (secondary N) is 1. The Labute approximate surface area is 180 Å². The lowest BCUT2D eigenvalue weighted by Crippen LogP contribution is -2.28. The van der Waals surface area contributed by atoms with Crippen LogP contribution in [-0.4, -0.2) is 30.4 Å². The zero-order chi connectivity index (χ0) is 21.3. The van der Waals surface area contributed by atoms with Gasteiger partial charge in [-0.1, -0.05) is 11.6 Å². The van der Waals surface area contributed by atoms with E-state index in [4.69, 9.17) is 16.3 Å². The minimum absolute atomic E-state index is 0.0231. The first-order valence-electron chi connectivity index (χ1n) is 8.60. The van der Waals surface area contributed by atoms with Crippen LogP contribution in [0.5, 0.6) is 5.75 Å². The van der Waals surface area contributed by atoms with Crippen LogP contribution in [-0.2, 0) is 9.59 Å². The molecule has 0 aliphatic carbocycles. The Hall–Kier alpha value is -2.65. The number of halogens is 2. The molecule has 2 aromatic rings. The highest BCUT2D eigenvalue weighted by molar-refractivity contribution is 9.10. The van der Waals surface area contributed by atoms with E-state index in [0.29, 0.717) is 16.4 Å². The summed E-state index contributed by atoms with van der Waals surface area (Å²) in [5.74, 6) is -0.945. The molecule has 1 N–H and O–H groups in total.